The van der Waals surface area contributed by atoms with E-state index in [1.54, 1.807) is 18.5 Å². The summed E-state index contributed by atoms with van der Waals surface area (Å²) in [6.07, 6.45) is 5.18. The minimum atomic E-state index is -0.0791. The van der Waals surface area contributed by atoms with Gasteiger partial charge in [-0.3, -0.25) is 4.98 Å². The molecule has 1 aromatic heterocycles. The maximum Gasteiger partial charge on any atom is 0.318 e. The van der Waals surface area contributed by atoms with E-state index in [1.807, 2.05) is 37.2 Å². The monoisotopic (exact) mass is 406 g/mol. The van der Waals surface area contributed by atoms with Gasteiger partial charge in [0.15, 0.2) is 0 Å². The first-order chi connectivity index (χ1) is 13.0. The number of nitrogens with one attached hydrogen (secondary N) is 1. The van der Waals surface area contributed by atoms with E-state index >= 15 is 0 Å². The van der Waals surface area contributed by atoms with E-state index in [1.165, 1.54) is 0 Å². The Bertz CT molecular complexity index is 798. The Kier molecular flexibility index (Phi) is 6.58. The maximum absolute atomic E-state index is 13.0. The van der Waals surface area contributed by atoms with Crippen molar-refractivity contribution in [3.63, 3.8) is 0 Å². The van der Waals surface area contributed by atoms with Crippen LogP contribution in [0.1, 0.15) is 29.2 Å². The van der Waals surface area contributed by atoms with Gasteiger partial charge in [-0.25, -0.2) is 4.79 Å². The summed E-state index contributed by atoms with van der Waals surface area (Å²) in [5.41, 5.74) is 3.11. The number of rotatable bonds is 6. The van der Waals surface area contributed by atoms with E-state index in [4.69, 9.17) is 23.2 Å². The number of carbonyl (C=O) groups is 1. The number of amides is 2. The molecule has 2 amide bonds. The average molecular weight is 407 g/mol. The lowest BCUT2D eigenvalue weighted by molar-refractivity contribution is 0.184. The molecule has 27 heavy (non-hydrogen) atoms. The van der Waals surface area contributed by atoms with E-state index in [9.17, 15) is 4.79 Å². The van der Waals surface area contributed by atoms with Crippen LogP contribution in [-0.2, 0) is 13.0 Å². The van der Waals surface area contributed by atoms with Crippen LogP contribution in [0.25, 0.3) is 0 Å². The predicted molar refractivity (Wildman–Crippen MR) is 109 cm³/mol. The third-order valence-electron chi connectivity index (χ3n) is 4.79. The molecule has 1 aromatic carbocycles. The van der Waals surface area contributed by atoms with E-state index in [0.717, 1.165) is 36.1 Å². The van der Waals surface area contributed by atoms with Gasteiger partial charge in [-0.15, -0.1) is 0 Å². The Hall–Kier alpha value is -1.82. The maximum atomic E-state index is 13.0. The number of likely N-dealkylation sites (N-methyl/N-ethyl adjacent to an activating group) is 1. The summed E-state index contributed by atoms with van der Waals surface area (Å²) in [6.45, 7) is 1.94. The molecule has 3 rings (SSSR count). The van der Waals surface area contributed by atoms with Crippen molar-refractivity contribution in [3.8, 4) is 0 Å². The summed E-state index contributed by atoms with van der Waals surface area (Å²) in [5, 5.41) is 4.34. The summed E-state index contributed by atoms with van der Waals surface area (Å²) in [4.78, 5) is 21.0. The molecule has 1 N–H and O–H groups in total. The van der Waals surface area contributed by atoms with Crippen LogP contribution >= 0.6 is 23.2 Å². The molecule has 1 aliphatic rings. The number of urea groups is 1. The molecule has 0 spiro atoms. The highest BCUT2D eigenvalue weighted by Gasteiger charge is 2.28. The standard InChI is InChI=1S/C20H24Cl2N4O/c1-25(2)10-11-26(13-14-4-3-9-23-12-14)20(27)24-18-8-6-16-15(18)5-7-17(21)19(16)22/h3-5,7,9,12,18H,6,8,10-11,13H2,1-2H3,(H,24,27). The first kappa shape index (κ1) is 19.9. The van der Waals surface area contributed by atoms with Crippen LogP contribution in [0.4, 0.5) is 4.79 Å². The lowest BCUT2D eigenvalue weighted by Crippen LogP contribution is -2.43. The molecule has 144 valence electrons. The zero-order chi connectivity index (χ0) is 19.4. The minimum Gasteiger partial charge on any atom is -0.331 e. The van der Waals surface area contributed by atoms with Gasteiger partial charge in [-0.05, 0) is 55.8 Å². The number of hydrogen-bond acceptors (Lipinski definition) is 3. The van der Waals surface area contributed by atoms with Crippen molar-refractivity contribution in [2.24, 2.45) is 0 Å². The number of aromatic nitrogens is 1. The summed E-state index contributed by atoms with van der Waals surface area (Å²) in [6, 6.07) is 7.51. The quantitative estimate of drug-likeness (QED) is 0.783. The molecule has 0 fully saturated rings. The number of fused-ring (bicyclic) bond motifs is 1. The van der Waals surface area contributed by atoms with Crippen molar-refractivity contribution in [1.29, 1.82) is 0 Å². The largest absolute Gasteiger partial charge is 0.331 e. The van der Waals surface area contributed by atoms with Gasteiger partial charge in [0.25, 0.3) is 0 Å². The number of benzene rings is 1. The van der Waals surface area contributed by atoms with E-state index in [-0.39, 0.29) is 12.1 Å². The van der Waals surface area contributed by atoms with Crippen LogP contribution in [0.5, 0.6) is 0 Å². The van der Waals surface area contributed by atoms with Gasteiger partial charge in [0.1, 0.15) is 0 Å². The molecule has 0 saturated carbocycles. The van der Waals surface area contributed by atoms with Crippen LogP contribution in [0.2, 0.25) is 10.0 Å². The van der Waals surface area contributed by atoms with Gasteiger partial charge in [-0.2, -0.15) is 0 Å². The summed E-state index contributed by atoms with van der Waals surface area (Å²) < 4.78 is 0. The van der Waals surface area contributed by atoms with Gasteiger partial charge >= 0.3 is 6.03 Å². The first-order valence-corrected chi connectivity index (χ1v) is 9.77. The van der Waals surface area contributed by atoms with Gasteiger partial charge in [0.2, 0.25) is 0 Å². The Morgan fingerprint density at radius 3 is 2.78 bits per heavy atom. The Morgan fingerprint density at radius 2 is 2.07 bits per heavy atom. The number of pyridine rings is 1. The smallest absolute Gasteiger partial charge is 0.318 e. The van der Waals surface area contributed by atoms with Crippen molar-refractivity contribution in [3.05, 3.63) is 63.4 Å². The number of carbonyl (C=O) groups excluding carboxylic acids is 1. The molecule has 1 aliphatic carbocycles. The van der Waals surface area contributed by atoms with Crippen molar-refractivity contribution >= 4 is 29.2 Å². The fraction of sp³-hybridized carbons (Fsp3) is 0.400. The van der Waals surface area contributed by atoms with Gasteiger partial charge < -0.3 is 15.1 Å². The molecule has 0 bridgehead atoms. The molecular weight excluding hydrogens is 383 g/mol. The second-order valence-corrected chi connectivity index (χ2v) is 7.84. The van der Waals surface area contributed by atoms with Crippen LogP contribution in [0.15, 0.2) is 36.7 Å². The van der Waals surface area contributed by atoms with Crippen molar-refractivity contribution in [1.82, 2.24) is 20.1 Å². The number of nitrogens with zero attached hydrogens (tertiary/aromatic N) is 3. The molecule has 1 heterocycles. The average Bonchev–Trinajstić information content (AvgIpc) is 3.05. The molecule has 1 atom stereocenters. The molecule has 2 aromatic rings. The normalized spacial score (nSPS) is 15.7. The van der Waals surface area contributed by atoms with Gasteiger partial charge in [-0.1, -0.05) is 35.3 Å². The fourth-order valence-corrected chi connectivity index (χ4v) is 3.75. The van der Waals surface area contributed by atoms with E-state index in [2.05, 4.69) is 15.2 Å². The molecule has 1 unspecified atom stereocenters. The van der Waals surface area contributed by atoms with Crippen LogP contribution in [0.3, 0.4) is 0 Å². The fourth-order valence-electron chi connectivity index (χ4n) is 3.31. The SMILES string of the molecule is CN(C)CCN(Cc1cccnc1)C(=O)NC1CCc2c1ccc(Cl)c2Cl. The molecule has 7 heteroatoms. The van der Waals surface area contributed by atoms with Crippen molar-refractivity contribution in [2.75, 3.05) is 27.2 Å². The van der Waals surface area contributed by atoms with E-state index in [0.29, 0.717) is 23.1 Å². The summed E-state index contributed by atoms with van der Waals surface area (Å²) in [7, 11) is 4.00. The lowest BCUT2D eigenvalue weighted by atomic mass is 10.1. The van der Waals surface area contributed by atoms with Crippen LogP contribution < -0.4 is 5.32 Å². The topological polar surface area (TPSA) is 48.5 Å². The third kappa shape index (κ3) is 4.92. The lowest BCUT2D eigenvalue weighted by Gasteiger charge is -2.27. The summed E-state index contributed by atoms with van der Waals surface area (Å²) >= 11 is 12.4. The Balaban J connectivity index is 1.72. The van der Waals surface area contributed by atoms with Gasteiger partial charge in [0.05, 0.1) is 16.1 Å². The second kappa shape index (κ2) is 8.91. The highest BCUT2D eigenvalue weighted by Crippen LogP contribution is 2.39. The Labute approximate surface area is 170 Å². The van der Waals surface area contributed by atoms with Crippen LogP contribution in [-0.4, -0.2) is 48.0 Å². The molecule has 0 saturated heterocycles. The third-order valence-corrected chi connectivity index (χ3v) is 5.63. The number of hydrogen-bond donors (Lipinski definition) is 1. The Morgan fingerprint density at radius 1 is 1.26 bits per heavy atom. The molecule has 0 aliphatic heterocycles. The van der Waals surface area contributed by atoms with Crippen molar-refractivity contribution < 1.29 is 4.79 Å². The number of halogens is 2. The zero-order valence-corrected chi connectivity index (χ0v) is 17.1. The predicted octanol–water partition coefficient (Wildman–Crippen LogP) is 4.15. The summed E-state index contributed by atoms with van der Waals surface area (Å²) in [5.74, 6) is 0. The molecular formula is C20H24Cl2N4O. The highest BCUT2D eigenvalue weighted by molar-refractivity contribution is 6.42. The molecule has 0 radical (unpaired) electrons. The van der Waals surface area contributed by atoms with Gasteiger partial charge in [0, 0.05) is 32.0 Å². The highest BCUT2D eigenvalue weighted by atomic mass is 35.5. The van der Waals surface area contributed by atoms with Crippen LogP contribution in [0, 0.1) is 0 Å². The molecule has 5 nitrogen and oxygen atoms in total. The first-order valence-electron chi connectivity index (χ1n) is 9.01. The second-order valence-electron chi connectivity index (χ2n) is 7.06. The minimum absolute atomic E-state index is 0.0435. The van der Waals surface area contributed by atoms with E-state index < -0.39 is 0 Å². The van der Waals surface area contributed by atoms with Crippen molar-refractivity contribution in [2.45, 2.75) is 25.4 Å². The zero-order valence-electron chi connectivity index (χ0n) is 15.6.